The summed E-state index contributed by atoms with van der Waals surface area (Å²) in [5.41, 5.74) is 8.79. The van der Waals surface area contributed by atoms with Crippen LogP contribution in [0, 0.1) is 5.53 Å². The molecule has 0 aliphatic carbocycles. The lowest BCUT2D eigenvalue weighted by atomic mass is 10.2. The van der Waals surface area contributed by atoms with Crippen molar-refractivity contribution in [2.24, 2.45) is 5.11 Å². The van der Waals surface area contributed by atoms with Gasteiger partial charge in [-0.3, -0.25) is 4.79 Å². The number of ether oxygens (including phenoxy) is 1. The van der Waals surface area contributed by atoms with Crippen molar-refractivity contribution in [2.75, 3.05) is 12.0 Å². The Morgan fingerprint density at radius 3 is 2.90 bits per heavy atom. The third-order valence-corrected chi connectivity index (χ3v) is 2.40. The van der Waals surface area contributed by atoms with Crippen LogP contribution in [0.1, 0.15) is 6.92 Å². The summed E-state index contributed by atoms with van der Waals surface area (Å²) >= 11 is 0. The molecule has 0 radical (unpaired) electrons. The highest BCUT2D eigenvalue weighted by Gasteiger charge is 1.99. The molecule has 1 rings (SSSR count). The van der Waals surface area contributed by atoms with Crippen molar-refractivity contribution in [3.05, 3.63) is 60.4 Å². The van der Waals surface area contributed by atoms with E-state index in [1.807, 2.05) is 12.1 Å². The van der Waals surface area contributed by atoms with Gasteiger partial charge in [-0.25, -0.2) is 5.53 Å². The number of carbonyl (C=O) groups excluding carboxylic acids is 1. The number of aldehydes is 1. The summed E-state index contributed by atoms with van der Waals surface area (Å²) in [6.45, 7) is 5.50. The molecular weight excluding hydrogens is 254 g/mol. The van der Waals surface area contributed by atoms with Crippen molar-refractivity contribution in [2.45, 2.75) is 6.92 Å². The van der Waals surface area contributed by atoms with Crippen LogP contribution in [0.5, 0.6) is 0 Å². The highest BCUT2D eigenvalue weighted by atomic mass is 16.5. The summed E-state index contributed by atoms with van der Waals surface area (Å²) in [5.74, 6) is 0.595. The monoisotopic (exact) mass is 271 g/mol. The molecule has 104 valence electrons. The molecule has 0 heterocycles. The van der Waals surface area contributed by atoms with Crippen molar-refractivity contribution in [3.8, 4) is 0 Å². The summed E-state index contributed by atoms with van der Waals surface area (Å²) in [6.07, 6.45) is 5.49. The average molecular weight is 271 g/mol. The number of rotatable bonds is 8. The van der Waals surface area contributed by atoms with Gasteiger partial charge in [-0.15, -0.1) is 0 Å². The van der Waals surface area contributed by atoms with Gasteiger partial charge in [0.05, 0.1) is 11.4 Å². The molecule has 0 saturated carbocycles. The van der Waals surface area contributed by atoms with Gasteiger partial charge in [0, 0.05) is 5.57 Å². The van der Waals surface area contributed by atoms with E-state index < -0.39 is 0 Å². The van der Waals surface area contributed by atoms with Gasteiger partial charge in [-0.2, -0.15) is 5.11 Å². The van der Waals surface area contributed by atoms with E-state index in [9.17, 15) is 4.79 Å². The van der Waals surface area contributed by atoms with Gasteiger partial charge < -0.3 is 10.1 Å². The number of para-hydroxylation sites is 2. The van der Waals surface area contributed by atoms with E-state index in [-0.39, 0.29) is 6.73 Å². The van der Waals surface area contributed by atoms with Crippen molar-refractivity contribution < 1.29 is 9.53 Å². The molecule has 20 heavy (non-hydrogen) atoms. The molecule has 0 unspecified atom stereocenters. The predicted molar refractivity (Wildman–Crippen MR) is 78.9 cm³/mol. The van der Waals surface area contributed by atoms with Crippen LogP contribution in [0.15, 0.2) is 65.5 Å². The number of hydrogen-bond donors (Lipinski definition) is 2. The van der Waals surface area contributed by atoms with Crippen LogP contribution in [-0.2, 0) is 9.53 Å². The number of hydrogen-bond acceptors (Lipinski definition) is 5. The molecule has 1 aromatic rings. The maximum Gasteiger partial charge on any atom is 0.158 e. The van der Waals surface area contributed by atoms with E-state index in [2.05, 4.69) is 17.0 Å². The van der Waals surface area contributed by atoms with Crippen LogP contribution < -0.4 is 5.32 Å². The summed E-state index contributed by atoms with van der Waals surface area (Å²) in [5, 5.41) is 6.42. The first-order valence-electron chi connectivity index (χ1n) is 6.00. The van der Waals surface area contributed by atoms with E-state index in [1.54, 1.807) is 31.2 Å². The molecule has 5 heteroatoms. The first-order chi connectivity index (χ1) is 9.71. The summed E-state index contributed by atoms with van der Waals surface area (Å²) in [6, 6.07) is 7.19. The quantitative estimate of drug-likeness (QED) is 0.188. The molecule has 1 aromatic carbocycles. The van der Waals surface area contributed by atoms with Crippen LogP contribution in [-0.4, -0.2) is 13.0 Å². The number of benzene rings is 1. The van der Waals surface area contributed by atoms with Gasteiger partial charge in [0.15, 0.2) is 6.73 Å². The molecule has 0 bridgehead atoms. The Balaban J connectivity index is 2.57. The fraction of sp³-hybridized carbons (Fsp3) is 0.133. The molecule has 0 aliphatic heterocycles. The van der Waals surface area contributed by atoms with Gasteiger partial charge in [-0.1, -0.05) is 30.9 Å². The molecule has 2 N–H and O–H groups in total. The molecule has 0 spiro atoms. The van der Waals surface area contributed by atoms with Gasteiger partial charge in [-0.05, 0) is 25.1 Å². The summed E-state index contributed by atoms with van der Waals surface area (Å²) < 4.78 is 5.44. The summed E-state index contributed by atoms with van der Waals surface area (Å²) in [4.78, 5) is 10.7. The van der Waals surface area contributed by atoms with E-state index in [1.165, 1.54) is 6.08 Å². The zero-order valence-electron chi connectivity index (χ0n) is 11.3. The minimum atomic E-state index is 0.217. The van der Waals surface area contributed by atoms with Gasteiger partial charge in [0.1, 0.15) is 12.0 Å². The maximum atomic E-state index is 10.7. The maximum absolute atomic E-state index is 10.7. The van der Waals surface area contributed by atoms with E-state index >= 15 is 0 Å². The minimum absolute atomic E-state index is 0.217. The second kappa shape index (κ2) is 8.42. The highest BCUT2D eigenvalue weighted by Crippen LogP contribution is 2.23. The Hall–Kier alpha value is -2.69. The van der Waals surface area contributed by atoms with Gasteiger partial charge >= 0.3 is 0 Å². The molecule has 0 aliphatic rings. The lowest BCUT2D eigenvalue weighted by Gasteiger charge is -2.10. The Kier molecular flexibility index (Phi) is 6.47. The van der Waals surface area contributed by atoms with Crippen molar-refractivity contribution in [3.63, 3.8) is 0 Å². The molecule has 5 nitrogen and oxygen atoms in total. The SMILES string of the molecule is C=C/C=C(C=O)\C=C(/C)OCNc1ccccc1N=N. The number of carbonyl (C=O) groups is 1. The topological polar surface area (TPSA) is 74.5 Å². The third kappa shape index (κ3) is 4.89. The van der Waals surface area contributed by atoms with E-state index in [4.69, 9.17) is 10.3 Å². The zero-order chi connectivity index (χ0) is 14.8. The molecule has 0 fully saturated rings. The van der Waals surface area contributed by atoms with Crippen LogP contribution in [0.2, 0.25) is 0 Å². The Labute approximate surface area is 118 Å². The number of nitrogens with one attached hydrogen (secondary N) is 2. The average Bonchev–Trinajstić information content (AvgIpc) is 2.47. The first kappa shape index (κ1) is 15.4. The number of allylic oxidation sites excluding steroid dienone is 5. The molecule has 0 atom stereocenters. The van der Waals surface area contributed by atoms with Crippen LogP contribution in [0.25, 0.3) is 0 Å². The standard InChI is InChI=1S/C15H17N3O2/c1-3-6-13(10-19)9-12(2)20-11-17-14-7-4-5-8-15(14)18-16/h3-10,16-17H,1,11H2,2H3/b12-9+,13-6+,18-16?. The van der Waals surface area contributed by atoms with Gasteiger partial charge in [0.25, 0.3) is 0 Å². The lowest BCUT2D eigenvalue weighted by molar-refractivity contribution is -0.104. The normalized spacial score (nSPS) is 11.7. The molecule has 0 saturated heterocycles. The van der Waals surface area contributed by atoms with Crippen LogP contribution in [0.4, 0.5) is 11.4 Å². The van der Waals surface area contributed by atoms with Crippen molar-refractivity contribution in [1.29, 1.82) is 5.53 Å². The van der Waals surface area contributed by atoms with Crippen LogP contribution >= 0.6 is 0 Å². The number of anilines is 1. The predicted octanol–water partition coefficient (Wildman–Crippen LogP) is 3.95. The second-order valence-electron chi connectivity index (χ2n) is 3.87. The lowest BCUT2D eigenvalue weighted by Crippen LogP contribution is -2.05. The Morgan fingerprint density at radius 1 is 1.50 bits per heavy atom. The molecular formula is C15H17N3O2. The Morgan fingerprint density at radius 2 is 2.25 bits per heavy atom. The fourth-order valence-electron chi connectivity index (χ4n) is 1.48. The third-order valence-electron chi connectivity index (χ3n) is 2.40. The Bertz CT molecular complexity index is 548. The largest absolute Gasteiger partial charge is 0.478 e. The van der Waals surface area contributed by atoms with Crippen LogP contribution in [0.3, 0.4) is 0 Å². The molecule has 0 amide bonds. The minimum Gasteiger partial charge on any atom is -0.478 e. The number of nitrogens with zero attached hydrogens (tertiary/aromatic N) is 1. The first-order valence-corrected chi connectivity index (χ1v) is 6.00. The zero-order valence-corrected chi connectivity index (χ0v) is 11.3. The highest BCUT2D eigenvalue weighted by molar-refractivity contribution is 5.78. The van der Waals surface area contributed by atoms with E-state index in [0.29, 0.717) is 22.7 Å². The van der Waals surface area contributed by atoms with Crippen molar-refractivity contribution in [1.82, 2.24) is 0 Å². The fourth-order valence-corrected chi connectivity index (χ4v) is 1.48. The smallest absolute Gasteiger partial charge is 0.158 e. The van der Waals surface area contributed by atoms with E-state index in [0.717, 1.165) is 6.29 Å². The summed E-state index contributed by atoms with van der Waals surface area (Å²) in [7, 11) is 0. The van der Waals surface area contributed by atoms with Crippen molar-refractivity contribution >= 4 is 17.7 Å². The second-order valence-corrected chi connectivity index (χ2v) is 3.87. The van der Waals surface area contributed by atoms with Gasteiger partial charge in [0.2, 0.25) is 0 Å². The molecule has 0 aromatic heterocycles.